The molecule has 0 bridgehead atoms. The fourth-order valence-corrected chi connectivity index (χ4v) is 4.85. The fourth-order valence-electron chi connectivity index (χ4n) is 3.49. The van der Waals surface area contributed by atoms with Gasteiger partial charge < -0.3 is 4.57 Å². The van der Waals surface area contributed by atoms with E-state index in [0.717, 1.165) is 19.3 Å². The van der Waals surface area contributed by atoms with Gasteiger partial charge >= 0.3 is 0 Å². The van der Waals surface area contributed by atoms with E-state index in [2.05, 4.69) is 15.2 Å². The van der Waals surface area contributed by atoms with Crippen molar-refractivity contribution in [3.63, 3.8) is 0 Å². The molecule has 2 N–H and O–H groups in total. The summed E-state index contributed by atoms with van der Waals surface area (Å²) >= 11 is 0. The van der Waals surface area contributed by atoms with Gasteiger partial charge in [0.25, 0.3) is 5.91 Å². The molecule has 0 spiro atoms. The molecule has 1 aliphatic rings. The maximum absolute atomic E-state index is 14.6. The van der Waals surface area contributed by atoms with Gasteiger partial charge in [-0.3, -0.25) is 10.2 Å². The van der Waals surface area contributed by atoms with Crippen molar-refractivity contribution in [3.8, 4) is 11.3 Å². The van der Waals surface area contributed by atoms with E-state index < -0.39 is 27.0 Å². The highest BCUT2D eigenvalue weighted by Crippen LogP contribution is 2.25. The Morgan fingerprint density at radius 2 is 1.93 bits per heavy atom. The van der Waals surface area contributed by atoms with Gasteiger partial charge in [0, 0.05) is 17.8 Å². The summed E-state index contributed by atoms with van der Waals surface area (Å²) in [6, 6.07) is 3.22. The van der Waals surface area contributed by atoms with Crippen LogP contribution in [0.5, 0.6) is 0 Å². The lowest BCUT2D eigenvalue weighted by Gasteiger charge is -2.22. The lowest BCUT2D eigenvalue weighted by Crippen LogP contribution is -2.46. The highest BCUT2D eigenvalue weighted by atomic mass is 32.2. The van der Waals surface area contributed by atoms with E-state index in [-0.39, 0.29) is 17.2 Å². The molecule has 0 radical (unpaired) electrons. The molecule has 29 heavy (non-hydrogen) atoms. The molecule has 158 valence electrons. The number of carbonyl (C=O) groups is 1. The van der Waals surface area contributed by atoms with Crippen LogP contribution in [0, 0.1) is 12.7 Å². The van der Waals surface area contributed by atoms with Crippen molar-refractivity contribution in [2.45, 2.75) is 64.2 Å². The third kappa shape index (κ3) is 4.84. The number of carbonyl (C=O) groups excluding carboxylic acids is 1. The van der Waals surface area contributed by atoms with Crippen LogP contribution < -0.4 is 10.3 Å². The Morgan fingerprint density at radius 3 is 2.55 bits per heavy atom. The highest BCUT2D eigenvalue weighted by molar-refractivity contribution is 7.90. The van der Waals surface area contributed by atoms with Crippen LogP contribution in [-0.2, 0) is 10.0 Å². The van der Waals surface area contributed by atoms with Crippen LogP contribution >= 0.6 is 0 Å². The Morgan fingerprint density at radius 1 is 1.24 bits per heavy atom. The molecule has 0 aliphatic heterocycles. The van der Waals surface area contributed by atoms with Crippen LogP contribution in [0.25, 0.3) is 11.3 Å². The monoisotopic (exact) mass is 422 g/mol. The average Bonchev–Trinajstić information content (AvgIpc) is 3.19. The summed E-state index contributed by atoms with van der Waals surface area (Å²) < 4.78 is 41.3. The number of benzene rings is 1. The van der Waals surface area contributed by atoms with E-state index in [1.54, 1.807) is 19.3 Å². The van der Waals surface area contributed by atoms with Gasteiger partial charge in [0.1, 0.15) is 5.82 Å². The number of hydrogen-bond acceptors (Lipinski definition) is 4. The van der Waals surface area contributed by atoms with Crippen LogP contribution in [0.1, 0.15) is 67.9 Å². The minimum atomic E-state index is -3.70. The normalized spacial score (nSPS) is 15.6. The minimum Gasteiger partial charge on any atom is -0.334 e. The molecule has 1 fully saturated rings. The molecular weight excluding hydrogens is 395 g/mol. The summed E-state index contributed by atoms with van der Waals surface area (Å²) in [6.07, 6.45) is 7.33. The number of imidazole rings is 1. The second-order valence-electron chi connectivity index (χ2n) is 7.82. The van der Waals surface area contributed by atoms with Gasteiger partial charge in [0.05, 0.1) is 22.8 Å². The Labute approximate surface area is 170 Å². The molecular formula is C20H27FN4O3S. The van der Waals surface area contributed by atoms with Crippen molar-refractivity contribution < 1.29 is 17.6 Å². The van der Waals surface area contributed by atoms with Gasteiger partial charge in [-0.05, 0) is 51.3 Å². The van der Waals surface area contributed by atoms with Crippen LogP contribution in [-0.4, -0.2) is 29.1 Å². The number of nitrogens with one attached hydrogen (secondary N) is 2. The molecule has 1 heterocycles. The van der Waals surface area contributed by atoms with E-state index >= 15 is 0 Å². The smallest absolute Gasteiger partial charge is 0.269 e. The summed E-state index contributed by atoms with van der Waals surface area (Å²) in [5.74, 6) is -1.53. The zero-order valence-electron chi connectivity index (χ0n) is 16.9. The molecule has 3 rings (SSSR count). The number of halogens is 1. The van der Waals surface area contributed by atoms with Gasteiger partial charge in [0.15, 0.2) is 0 Å². The zero-order valence-corrected chi connectivity index (χ0v) is 17.7. The predicted molar refractivity (Wildman–Crippen MR) is 109 cm³/mol. The van der Waals surface area contributed by atoms with Crippen molar-refractivity contribution >= 4 is 15.9 Å². The number of nitrogens with zero attached hydrogens (tertiary/aromatic N) is 2. The van der Waals surface area contributed by atoms with E-state index in [1.165, 1.54) is 6.07 Å². The molecule has 1 aliphatic carbocycles. The Hall–Kier alpha value is -2.26. The predicted octanol–water partition coefficient (Wildman–Crippen LogP) is 3.48. The number of amides is 1. The van der Waals surface area contributed by atoms with Crippen molar-refractivity contribution in [1.82, 2.24) is 19.8 Å². The lowest BCUT2D eigenvalue weighted by molar-refractivity contribution is 0.0940. The third-order valence-electron chi connectivity index (χ3n) is 5.29. The van der Waals surface area contributed by atoms with Crippen LogP contribution in [0.15, 0.2) is 24.7 Å². The first kappa shape index (κ1) is 21.4. The first-order valence-corrected chi connectivity index (χ1v) is 11.4. The largest absolute Gasteiger partial charge is 0.334 e. The number of hydrogen-bond donors (Lipinski definition) is 2. The number of aryl methyl sites for hydroxylation is 1. The number of rotatable bonds is 6. The quantitative estimate of drug-likeness (QED) is 0.697. The van der Waals surface area contributed by atoms with E-state index in [9.17, 15) is 17.6 Å². The van der Waals surface area contributed by atoms with Gasteiger partial charge in [-0.25, -0.2) is 17.8 Å². The van der Waals surface area contributed by atoms with Gasteiger partial charge in [-0.2, -0.15) is 0 Å². The molecule has 1 aromatic heterocycles. The average molecular weight is 423 g/mol. The van der Waals surface area contributed by atoms with Gasteiger partial charge in [-0.1, -0.05) is 19.3 Å². The van der Waals surface area contributed by atoms with Crippen LogP contribution in [0.2, 0.25) is 0 Å². The van der Waals surface area contributed by atoms with Crippen molar-refractivity contribution in [3.05, 3.63) is 41.6 Å². The number of hydrazine groups is 1. The molecule has 0 unspecified atom stereocenters. The molecule has 9 heteroatoms. The number of sulfonamides is 1. The molecule has 1 saturated carbocycles. The minimum absolute atomic E-state index is 0.217. The Kier molecular flexibility index (Phi) is 6.38. The maximum Gasteiger partial charge on any atom is 0.269 e. The summed E-state index contributed by atoms with van der Waals surface area (Å²) in [5, 5.41) is -0.533. The molecule has 0 saturated heterocycles. The summed E-state index contributed by atoms with van der Waals surface area (Å²) in [6.45, 7) is 5.58. The molecule has 0 atom stereocenters. The van der Waals surface area contributed by atoms with Crippen LogP contribution in [0.3, 0.4) is 0 Å². The third-order valence-corrected chi connectivity index (χ3v) is 7.03. The van der Waals surface area contributed by atoms with E-state index in [0.29, 0.717) is 24.1 Å². The van der Waals surface area contributed by atoms with E-state index in [1.807, 2.05) is 24.6 Å². The van der Waals surface area contributed by atoms with Crippen molar-refractivity contribution in [2.24, 2.45) is 0 Å². The zero-order chi connectivity index (χ0) is 21.2. The summed E-state index contributed by atoms with van der Waals surface area (Å²) in [7, 11) is -3.70. The first-order valence-electron chi connectivity index (χ1n) is 9.84. The second kappa shape index (κ2) is 8.62. The SMILES string of the molecule is Cc1cc(-c2cn(C(C)C)cn2)cc(C(=O)NNS(=O)(=O)C2CCCCC2)c1F. The molecule has 1 aromatic carbocycles. The molecule has 1 amide bonds. The summed E-state index contributed by atoms with van der Waals surface area (Å²) in [5.41, 5.74) is 3.41. The van der Waals surface area contributed by atoms with E-state index in [4.69, 9.17) is 0 Å². The van der Waals surface area contributed by atoms with Gasteiger partial charge in [0.2, 0.25) is 10.0 Å². The fraction of sp³-hybridized carbons (Fsp3) is 0.500. The second-order valence-corrected chi connectivity index (χ2v) is 9.78. The maximum atomic E-state index is 14.6. The van der Waals surface area contributed by atoms with Crippen molar-refractivity contribution in [1.29, 1.82) is 0 Å². The standard InChI is InChI=1S/C20H27FN4O3S/c1-13(2)25-11-18(22-12-25)15-9-14(3)19(21)17(10-15)20(26)23-24-29(27,28)16-7-5-4-6-8-16/h9-13,16,24H,4-8H2,1-3H3,(H,23,26). The topological polar surface area (TPSA) is 93.1 Å². The highest BCUT2D eigenvalue weighted by Gasteiger charge is 2.28. The first-order chi connectivity index (χ1) is 13.7. The lowest BCUT2D eigenvalue weighted by atomic mass is 10.0. The molecule has 2 aromatic rings. The Bertz CT molecular complexity index is 995. The summed E-state index contributed by atoms with van der Waals surface area (Å²) in [4.78, 5) is 19.0. The van der Waals surface area contributed by atoms with Gasteiger partial charge in [-0.15, -0.1) is 4.83 Å². The van der Waals surface area contributed by atoms with Crippen LogP contribution in [0.4, 0.5) is 4.39 Å². The Balaban J connectivity index is 1.80. The van der Waals surface area contributed by atoms with Crippen molar-refractivity contribution in [2.75, 3.05) is 0 Å². The number of aromatic nitrogens is 2. The molecule has 7 nitrogen and oxygen atoms in total.